The second kappa shape index (κ2) is 8.79. The van der Waals surface area contributed by atoms with Crippen LogP contribution in [-0.2, 0) is 0 Å². The molecule has 4 rings (SSSR count). The van der Waals surface area contributed by atoms with Crippen LogP contribution in [0.4, 0.5) is 0 Å². The molecule has 0 aliphatic heterocycles. The van der Waals surface area contributed by atoms with Gasteiger partial charge in [0.1, 0.15) is 0 Å². The van der Waals surface area contributed by atoms with Crippen LogP contribution in [0.25, 0.3) is 0 Å². The van der Waals surface area contributed by atoms with Gasteiger partial charge in [-0.25, -0.2) is 0 Å². The molecule has 25 heavy (non-hydrogen) atoms. The highest BCUT2D eigenvalue weighted by Gasteiger charge is 2.53. The zero-order valence-electron chi connectivity index (χ0n) is 17.0. The van der Waals surface area contributed by atoms with Gasteiger partial charge in [0, 0.05) is 0 Å². The Morgan fingerprint density at radius 3 is 1.52 bits per heavy atom. The van der Waals surface area contributed by atoms with E-state index in [1.54, 1.807) is 103 Å². The molecule has 2 atom stereocenters. The SMILES string of the molecule is C1CCCC(C2CCCCCC2(C2CCCCC2)C2CCC2)CCC1. The number of hydrogen-bond donors (Lipinski definition) is 0. The summed E-state index contributed by atoms with van der Waals surface area (Å²) in [4.78, 5) is 0. The van der Waals surface area contributed by atoms with Crippen LogP contribution in [0, 0.1) is 29.1 Å². The zero-order chi connectivity index (χ0) is 17.0. The average Bonchev–Trinajstić information content (AvgIpc) is 2.78. The summed E-state index contributed by atoms with van der Waals surface area (Å²) in [5.41, 5.74) is 0.791. The topological polar surface area (TPSA) is 0 Å². The van der Waals surface area contributed by atoms with Crippen LogP contribution in [0.5, 0.6) is 0 Å². The van der Waals surface area contributed by atoms with Crippen molar-refractivity contribution in [2.75, 3.05) is 0 Å². The van der Waals surface area contributed by atoms with Crippen molar-refractivity contribution in [3.05, 3.63) is 0 Å². The number of rotatable bonds is 3. The van der Waals surface area contributed by atoms with Crippen LogP contribution in [0.2, 0.25) is 0 Å². The molecule has 0 N–H and O–H groups in total. The fourth-order valence-corrected chi connectivity index (χ4v) is 7.92. The van der Waals surface area contributed by atoms with Crippen molar-refractivity contribution in [1.29, 1.82) is 0 Å². The summed E-state index contributed by atoms with van der Waals surface area (Å²) < 4.78 is 0. The lowest BCUT2D eigenvalue weighted by molar-refractivity contribution is -0.0826. The predicted molar refractivity (Wildman–Crippen MR) is 109 cm³/mol. The molecule has 0 saturated heterocycles. The van der Waals surface area contributed by atoms with Crippen molar-refractivity contribution in [1.82, 2.24) is 0 Å². The minimum absolute atomic E-state index is 0.791. The summed E-state index contributed by atoms with van der Waals surface area (Å²) >= 11 is 0. The Labute approximate surface area is 157 Å². The Morgan fingerprint density at radius 2 is 0.880 bits per heavy atom. The van der Waals surface area contributed by atoms with E-state index in [1.807, 2.05) is 0 Å². The van der Waals surface area contributed by atoms with Crippen molar-refractivity contribution in [3.63, 3.8) is 0 Å². The second-order valence-electron chi connectivity index (χ2n) is 10.4. The zero-order valence-corrected chi connectivity index (χ0v) is 17.0. The fourth-order valence-electron chi connectivity index (χ4n) is 7.92. The van der Waals surface area contributed by atoms with Gasteiger partial charge in [-0.2, -0.15) is 0 Å². The Kier molecular flexibility index (Phi) is 6.46. The molecule has 4 fully saturated rings. The predicted octanol–water partition coefficient (Wildman–Crippen LogP) is 8.29. The molecule has 0 aromatic carbocycles. The first-order chi connectivity index (χ1) is 12.4. The molecule has 0 radical (unpaired) electrons. The Bertz CT molecular complexity index is 381. The van der Waals surface area contributed by atoms with Crippen molar-refractivity contribution in [2.24, 2.45) is 29.1 Å². The summed E-state index contributed by atoms with van der Waals surface area (Å²) in [6.45, 7) is 0. The van der Waals surface area contributed by atoms with Crippen LogP contribution >= 0.6 is 0 Å². The first-order valence-corrected chi connectivity index (χ1v) is 12.4. The molecule has 0 heteroatoms. The Balaban J connectivity index is 1.63. The number of hydrogen-bond acceptors (Lipinski definition) is 0. The van der Waals surface area contributed by atoms with E-state index in [0.29, 0.717) is 0 Å². The second-order valence-corrected chi connectivity index (χ2v) is 10.4. The molecule has 0 heterocycles. The molecule has 4 saturated carbocycles. The van der Waals surface area contributed by atoms with E-state index in [2.05, 4.69) is 0 Å². The first-order valence-electron chi connectivity index (χ1n) is 12.4. The minimum Gasteiger partial charge on any atom is -0.0533 e. The van der Waals surface area contributed by atoms with Crippen molar-refractivity contribution >= 4 is 0 Å². The lowest BCUT2D eigenvalue weighted by Crippen LogP contribution is -2.49. The summed E-state index contributed by atoms with van der Waals surface area (Å²) in [7, 11) is 0. The van der Waals surface area contributed by atoms with E-state index < -0.39 is 0 Å². The minimum atomic E-state index is 0.791. The lowest BCUT2D eigenvalue weighted by Gasteiger charge is -2.57. The van der Waals surface area contributed by atoms with Crippen LogP contribution in [-0.4, -0.2) is 0 Å². The van der Waals surface area contributed by atoms with Crippen LogP contribution in [0.1, 0.15) is 128 Å². The van der Waals surface area contributed by atoms with Gasteiger partial charge >= 0.3 is 0 Å². The van der Waals surface area contributed by atoms with Gasteiger partial charge in [0.15, 0.2) is 0 Å². The highest BCUT2D eigenvalue weighted by atomic mass is 14.6. The molecule has 144 valence electrons. The van der Waals surface area contributed by atoms with Gasteiger partial charge in [0.05, 0.1) is 0 Å². The monoisotopic (exact) mass is 344 g/mol. The summed E-state index contributed by atoms with van der Waals surface area (Å²) in [6, 6.07) is 0. The smallest absolute Gasteiger partial charge is 0.0210 e. The molecule has 0 aromatic heterocycles. The third kappa shape index (κ3) is 3.84. The third-order valence-corrected chi connectivity index (χ3v) is 9.26. The lowest BCUT2D eigenvalue weighted by atomic mass is 9.47. The summed E-state index contributed by atoms with van der Waals surface area (Å²) in [5.74, 6) is 4.45. The Hall–Kier alpha value is 0. The Morgan fingerprint density at radius 1 is 0.400 bits per heavy atom. The van der Waals surface area contributed by atoms with Gasteiger partial charge < -0.3 is 0 Å². The maximum absolute atomic E-state index is 1.63. The van der Waals surface area contributed by atoms with E-state index in [0.717, 1.165) is 29.1 Å². The van der Waals surface area contributed by atoms with Crippen LogP contribution in [0.15, 0.2) is 0 Å². The van der Waals surface area contributed by atoms with E-state index in [-0.39, 0.29) is 0 Å². The van der Waals surface area contributed by atoms with E-state index in [9.17, 15) is 0 Å². The molecule has 0 aromatic rings. The maximum Gasteiger partial charge on any atom is -0.0210 e. The largest absolute Gasteiger partial charge is 0.0533 e. The van der Waals surface area contributed by atoms with Gasteiger partial charge in [-0.05, 0) is 67.6 Å². The molecule has 0 bridgehead atoms. The van der Waals surface area contributed by atoms with Crippen LogP contribution < -0.4 is 0 Å². The van der Waals surface area contributed by atoms with Crippen LogP contribution in [0.3, 0.4) is 0 Å². The molecule has 4 aliphatic rings. The van der Waals surface area contributed by atoms with Gasteiger partial charge in [0.2, 0.25) is 0 Å². The van der Waals surface area contributed by atoms with E-state index in [1.165, 1.54) is 25.7 Å². The molecular weight excluding hydrogens is 300 g/mol. The molecule has 2 unspecified atom stereocenters. The van der Waals surface area contributed by atoms with Crippen molar-refractivity contribution in [2.45, 2.75) is 128 Å². The molecular formula is C25H44. The molecule has 0 nitrogen and oxygen atoms in total. The molecule has 4 aliphatic carbocycles. The fraction of sp³-hybridized carbons (Fsp3) is 1.00. The summed E-state index contributed by atoms with van der Waals surface area (Å²) in [6.07, 6.45) is 31.3. The quantitative estimate of drug-likeness (QED) is 0.452. The van der Waals surface area contributed by atoms with E-state index in [4.69, 9.17) is 0 Å². The highest BCUT2D eigenvalue weighted by molar-refractivity contribution is 5.03. The standard InChI is InChI=1S/C25H44/c1-2-6-13-21(14-7-3-1)24-19-10-5-11-20-25(24,23-17-12-18-23)22-15-8-4-9-16-22/h21-24H,1-20H2. The average molecular weight is 345 g/mol. The molecule has 0 spiro atoms. The van der Waals surface area contributed by atoms with E-state index >= 15 is 0 Å². The highest BCUT2D eigenvalue weighted by Crippen LogP contribution is 2.62. The molecule has 0 amide bonds. The normalized spacial score (nSPS) is 37.7. The maximum atomic E-state index is 1.63. The van der Waals surface area contributed by atoms with Crippen molar-refractivity contribution in [3.8, 4) is 0 Å². The third-order valence-electron chi connectivity index (χ3n) is 9.26. The summed E-state index contributed by atoms with van der Waals surface area (Å²) in [5, 5.41) is 0. The van der Waals surface area contributed by atoms with Gasteiger partial charge in [-0.3, -0.25) is 0 Å². The van der Waals surface area contributed by atoms with Crippen molar-refractivity contribution < 1.29 is 0 Å². The van der Waals surface area contributed by atoms with Gasteiger partial charge in [-0.1, -0.05) is 89.9 Å². The van der Waals surface area contributed by atoms with Gasteiger partial charge in [-0.15, -0.1) is 0 Å². The first kappa shape index (κ1) is 18.4. The van der Waals surface area contributed by atoms with Gasteiger partial charge in [0.25, 0.3) is 0 Å².